The second kappa shape index (κ2) is 6.55. The van der Waals surface area contributed by atoms with E-state index < -0.39 is 0 Å². The molecular formula is C12H24N2O2. The van der Waals surface area contributed by atoms with Gasteiger partial charge >= 0.3 is 0 Å². The summed E-state index contributed by atoms with van der Waals surface area (Å²) in [6.45, 7) is 3.57. The van der Waals surface area contributed by atoms with Crippen LogP contribution in [0.25, 0.3) is 0 Å². The average Bonchev–Trinajstić information content (AvgIpc) is 2.73. The number of ether oxygens (including phenoxy) is 2. The van der Waals surface area contributed by atoms with E-state index >= 15 is 0 Å². The van der Waals surface area contributed by atoms with Crippen molar-refractivity contribution in [3.63, 3.8) is 0 Å². The lowest BCUT2D eigenvalue weighted by Crippen LogP contribution is -2.48. The van der Waals surface area contributed by atoms with E-state index in [0.717, 1.165) is 52.0 Å². The summed E-state index contributed by atoms with van der Waals surface area (Å²) >= 11 is 0. The quantitative estimate of drug-likeness (QED) is 0.628. The summed E-state index contributed by atoms with van der Waals surface area (Å²) in [5.74, 6) is 0. The maximum atomic E-state index is 5.71. The lowest BCUT2D eigenvalue weighted by molar-refractivity contribution is 0.0163. The van der Waals surface area contributed by atoms with Crippen molar-refractivity contribution >= 4 is 0 Å². The molecule has 4 nitrogen and oxygen atoms in total. The summed E-state index contributed by atoms with van der Waals surface area (Å²) in [6.07, 6.45) is 6.07. The zero-order valence-electron chi connectivity index (χ0n) is 9.99. The van der Waals surface area contributed by atoms with Crippen molar-refractivity contribution in [3.8, 4) is 0 Å². The van der Waals surface area contributed by atoms with E-state index in [1.165, 1.54) is 6.42 Å². The molecule has 0 radical (unpaired) electrons. The third kappa shape index (κ3) is 4.01. The lowest BCUT2D eigenvalue weighted by Gasteiger charge is -2.33. The van der Waals surface area contributed by atoms with Gasteiger partial charge in [-0.25, -0.2) is 0 Å². The first kappa shape index (κ1) is 12.3. The van der Waals surface area contributed by atoms with E-state index in [4.69, 9.17) is 15.2 Å². The molecule has 3 N–H and O–H groups in total. The minimum Gasteiger partial charge on any atom is -0.379 e. The Balaban J connectivity index is 1.35. The highest BCUT2D eigenvalue weighted by Gasteiger charge is 2.24. The van der Waals surface area contributed by atoms with Gasteiger partial charge in [0.15, 0.2) is 0 Å². The number of nitrogens with one attached hydrogen (secondary N) is 1. The number of hydrogen-bond acceptors (Lipinski definition) is 4. The van der Waals surface area contributed by atoms with Crippen LogP contribution in [0, 0.1) is 0 Å². The lowest BCUT2D eigenvalue weighted by atomic mass is 9.88. The van der Waals surface area contributed by atoms with Gasteiger partial charge in [0.2, 0.25) is 0 Å². The molecule has 1 aliphatic carbocycles. The molecule has 0 bridgehead atoms. The summed E-state index contributed by atoms with van der Waals surface area (Å²) < 4.78 is 11.1. The molecule has 2 aliphatic rings. The van der Waals surface area contributed by atoms with Crippen LogP contribution < -0.4 is 11.1 Å². The largest absolute Gasteiger partial charge is 0.379 e. The minimum absolute atomic E-state index is 0.359. The second-order valence-electron chi connectivity index (χ2n) is 4.95. The smallest absolute Gasteiger partial charge is 0.0809 e. The van der Waals surface area contributed by atoms with Crippen LogP contribution in [0.3, 0.4) is 0 Å². The summed E-state index contributed by atoms with van der Waals surface area (Å²) in [4.78, 5) is 0. The fourth-order valence-corrected chi connectivity index (χ4v) is 2.30. The summed E-state index contributed by atoms with van der Waals surface area (Å²) in [7, 11) is 0. The topological polar surface area (TPSA) is 56.5 Å². The third-order valence-corrected chi connectivity index (χ3v) is 3.40. The van der Waals surface area contributed by atoms with Crippen molar-refractivity contribution in [1.29, 1.82) is 0 Å². The maximum absolute atomic E-state index is 5.71. The molecule has 1 saturated heterocycles. The molecule has 4 heteroatoms. The standard InChI is InChI=1S/C12H24N2O2/c13-10-7-11(8-10)14-4-2-5-15-9-12-3-1-6-16-12/h10-12,14H,1-9,13H2. The van der Waals surface area contributed by atoms with Crippen LogP contribution in [0.2, 0.25) is 0 Å². The van der Waals surface area contributed by atoms with Crippen LogP contribution in [0.15, 0.2) is 0 Å². The summed E-state index contributed by atoms with van der Waals surface area (Å²) in [5, 5.41) is 3.49. The van der Waals surface area contributed by atoms with Crippen LogP contribution in [-0.2, 0) is 9.47 Å². The molecule has 1 aliphatic heterocycles. The number of rotatable bonds is 7. The molecule has 1 unspecified atom stereocenters. The maximum Gasteiger partial charge on any atom is 0.0809 e. The fraction of sp³-hybridized carbons (Fsp3) is 1.00. The van der Waals surface area contributed by atoms with Gasteiger partial charge in [0.25, 0.3) is 0 Å². The highest BCUT2D eigenvalue weighted by molar-refractivity contribution is 4.87. The van der Waals surface area contributed by atoms with Crippen LogP contribution in [0.1, 0.15) is 32.1 Å². The predicted octanol–water partition coefficient (Wildman–Crippen LogP) is 0.651. The Morgan fingerprint density at radius 2 is 2.25 bits per heavy atom. The molecule has 94 valence electrons. The van der Waals surface area contributed by atoms with Gasteiger partial charge in [-0.15, -0.1) is 0 Å². The third-order valence-electron chi connectivity index (χ3n) is 3.40. The van der Waals surface area contributed by atoms with Crippen LogP contribution in [-0.4, -0.2) is 44.6 Å². The molecule has 1 saturated carbocycles. The van der Waals surface area contributed by atoms with Crippen LogP contribution in [0.5, 0.6) is 0 Å². The zero-order valence-corrected chi connectivity index (χ0v) is 9.99. The number of nitrogens with two attached hydrogens (primary N) is 1. The van der Waals surface area contributed by atoms with Crippen molar-refractivity contribution in [3.05, 3.63) is 0 Å². The van der Waals surface area contributed by atoms with Gasteiger partial charge < -0.3 is 20.5 Å². The monoisotopic (exact) mass is 228 g/mol. The van der Waals surface area contributed by atoms with Gasteiger partial charge in [-0.05, 0) is 38.6 Å². The second-order valence-corrected chi connectivity index (χ2v) is 4.95. The first-order valence-corrected chi connectivity index (χ1v) is 6.53. The normalized spacial score (nSPS) is 33.9. The van der Waals surface area contributed by atoms with Crippen LogP contribution in [0.4, 0.5) is 0 Å². The van der Waals surface area contributed by atoms with Gasteiger partial charge in [0.1, 0.15) is 0 Å². The minimum atomic E-state index is 0.359. The molecule has 0 aromatic carbocycles. The van der Waals surface area contributed by atoms with Gasteiger partial charge in [-0.2, -0.15) is 0 Å². The molecule has 0 spiro atoms. The highest BCUT2D eigenvalue weighted by Crippen LogP contribution is 2.17. The summed E-state index contributed by atoms with van der Waals surface area (Å²) in [5.41, 5.74) is 5.71. The fourth-order valence-electron chi connectivity index (χ4n) is 2.30. The zero-order chi connectivity index (χ0) is 11.2. The van der Waals surface area contributed by atoms with Gasteiger partial charge in [-0.1, -0.05) is 0 Å². The first-order chi connectivity index (χ1) is 7.84. The SMILES string of the molecule is NC1CC(NCCCOCC2CCCO2)C1. The van der Waals surface area contributed by atoms with Crippen LogP contribution >= 0.6 is 0 Å². The van der Waals surface area contributed by atoms with E-state index in [1.807, 2.05) is 0 Å². The molecule has 0 aromatic heterocycles. The Labute approximate surface area is 97.9 Å². The molecule has 0 amide bonds. The van der Waals surface area contributed by atoms with Gasteiger partial charge in [0.05, 0.1) is 12.7 Å². The molecule has 0 aromatic rings. The molecule has 16 heavy (non-hydrogen) atoms. The Morgan fingerprint density at radius 1 is 1.38 bits per heavy atom. The van der Waals surface area contributed by atoms with Gasteiger partial charge in [-0.3, -0.25) is 0 Å². The van der Waals surface area contributed by atoms with Gasteiger partial charge in [0, 0.05) is 25.3 Å². The molecule has 1 atom stereocenters. The van der Waals surface area contributed by atoms with Crippen molar-refractivity contribution in [1.82, 2.24) is 5.32 Å². The molecule has 1 heterocycles. The van der Waals surface area contributed by atoms with Crippen molar-refractivity contribution in [2.24, 2.45) is 5.73 Å². The Bertz CT molecular complexity index is 189. The van der Waals surface area contributed by atoms with Crippen molar-refractivity contribution < 1.29 is 9.47 Å². The van der Waals surface area contributed by atoms with Crippen molar-refractivity contribution in [2.45, 2.75) is 50.3 Å². The Hall–Kier alpha value is -0.160. The molecule has 2 rings (SSSR count). The highest BCUT2D eigenvalue weighted by atomic mass is 16.5. The Kier molecular flexibility index (Phi) is 5.03. The first-order valence-electron chi connectivity index (χ1n) is 6.53. The van der Waals surface area contributed by atoms with E-state index in [9.17, 15) is 0 Å². The van der Waals surface area contributed by atoms with Crippen molar-refractivity contribution in [2.75, 3.05) is 26.4 Å². The molecular weight excluding hydrogens is 204 g/mol. The summed E-state index contributed by atoms with van der Waals surface area (Å²) in [6, 6.07) is 1.10. The molecule has 2 fully saturated rings. The average molecular weight is 228 g/mol. The van der Waals surface area contributed by atoms with E-state index in [0.29, 0.717) is 18.2 Å². The van der Waals surface area contributed by atoms with E-state index in [1.54, 1.807) is 0 Å². The Morgan fingerprint density at radius 3 is 2.94 bits per heavy atom. The number of hydrogen-bond donors (Lipinski definition) is 2. The predicted molar refractivity (Wildman–Crippen MR) is 63.4 cm³/mol. The van der Waals surface area contributed by atoms with E-state index in [-0.39, 0.29) is 0 Å². The van der Waals surface area contributed by atoms with E-state index in [2.05, 4.69) is 5.32 Å².